The first-order valence-electron chi connectivity index (χ1n) is 9.34. The number of pyridine rings is 1. The number of aliphatic hydroxyl groups excluding tert-OH is 1. The summed E-state index contributed by atoms with van der Waals surface area (Å²) in [6.45, 7) is 0. The number of aliphatic hydroxyl groups is 1. The molecule has 2 heterocycles. The number of aromatic nitrogens is 3. The molecular weight excluding hydrogens is 338 g/mol. The number of hydrogen-bond acceptors (Lipinski definition) is 6. The number of benzene rings is 1. The van der Waals surface area contributed by atoms with Gasteiger partial charge in [0.15, 0.2) is 5.82 Å². The zero-order chi connectivity index (χ0) is 18.5. The molecule has 0 spiro atoms. The lowest BCUT2D eigenvalue weighted by Gasteiger charge is -2.29. The number of hydrogen-bond donors (Lipinski definition) is 3. The highest BCUT2D eigenvalue weighted by molar-refractivity contribution is 5.65. The Balaban J connectivity index is 1.65. The van der Waals surface area contributed by atoms with Crippen molar-refractivity contribution >= 4 is 17.3 Å². The molecule has 1 aliphatic carbocycles. The van der Waals surface area contributed by atoms with E-state index in [4.69, 9.17) is 0 Å². The first-order valence-corrected chi connectivity index (χ1v) is 9.34. The Kier molecular flexibility index (Phi) is 5.25. The standard InChI is InChI=1S/C21H23N5O/c27-18-9-5-4-8-17(18)24-20-14-19(23-16-10-12-22-13-11-16)25-21(26-20)15-6-2-1-3-7-15/h1-3,6-7,10-14,17-18,27H,4-5,8-9H2,(H2,22,23,24,25,26). The molecule has 1 aliphatic rings. The molecule has 1 fully saturated rings. The van der Waals surface area contributed by atoms with Gasteiger partial charge >= 0.3 is 0 Å². The van der Waals surface area contributed by atoms with Crippen LogP contribution in [0.1, 0.15) is 25.7 Å². The Bertz CT molecular complexity index is 872. The van der Waals surface area contributed by atoms with Crippen LogP contribution in [0.15, 0.2) is 60.9 Å². The van der Waals surface area contributed by atoms with Crippen LogP contribution >= 0.6 is 0 Å². The maximum atomic E-state index is 10.3. The molecule has 0 aliphatic heterocycles. The van der Waals surface area contributed by atoms with Crippen molar-refractivity contribution in [2.24, 2.45) is 0 Å². The van der Waals surface area contributed by atoms with Gasteiger partial charge in [-0.3, -0.25) is 4.98 Å². The Hall–Kier alpha value is -2.99. The first-order chi connectivity index (χ1) is 13.3. The monoisotopic (exact) mass is 361 g/mol. The minimum atomic E-state index is -0.342. The first kappa shape index (κ1) is 17.4. The summed E-state index contributed by atoms with van der Waals surface area (Å²) in [7, 11) is 0. The van der Waals surface area contributed by atoms with E-state index in [2.05, 4.69) is 25.6 Å². The van der Waals surface area contributed by atoms with Crippen LogP contribution < -0.4 is 10.6 Å². The zero-order valence-electron chi connectivity index (χ0n) is 15.0. The van der Waals surface area contributed by atoms with Gasteiger partial charge in [-0.05, 0) is 25.0 Å². The van der Waals surface area contributed by atoms with Crippen LogP contribution in [-0.2, 0) is 0 Å². The molecule has 4 rings (SSSR count). The quantitative estimate of drug-likeness (QED) is 0.637. The molecule has 0 bridgehead atoms. The lowest BCUT2D eigenvalue weighted by atomic mass is 9.92. The molecule has 2 aromatic heterocycles. The Morgan fingerprint density at radius 1 is 0.889 bits per heavy atom. The van der Waals surface area contributed by atoms with Gasteiger partial charge in [0.2, 0.25) is 0 Å². The molecule has 1 aromatic carbocycles. The van der Waals surface area contributed by atoms with Crippen LogP contribution in [0, 0.1) is 0 Å². The van der Waals surface area contributed by atoms with Crippen LogP contribution in [0.3, 0.4) is 0 Å². The van der Waals surface area contributed by atoms with Gasteiger partial charge in [-0.1, -0.05) is 43.2 Å². The summed E-state index contributed by atoms with van der Waals surface area (Å²) < 4.78 is 0. The fraction of sp³-hybridized carbons (Fsp3) is 0.286. The van der Waals surface area contributed by atoms with E-state index in [1.165, 1.54) is 0 Å². The maximum Gasteiger partial charge on any atom is 0.163 e. The van der Waals surface area contributed by atoms with Gasteiger partial charge < -0.3 is 15.7 Å². The molecule has 6 heteroatoms. The molecule has 2 atom stereocenters. The zero-order valence-corrected chi connectivity index (χ0v) is 15.0. The summed E-state index contributed by atoms with van der Waals surface area (Å²) in [5.74, 6) is 2.05. The van der Waals surface area contributed by atoms with Crippen LogP contribution in [0.4, 0.5) is 17.3 Å². The topological polar surface area (TPSA) is 83.0 Å². The highest BCUT2D eigenvalue weighted by Crippen LogP contribution is 2.26. The molecule has 3 aromatic rings. The largest absolute Gasteiger partial charge is 0.391 e. The number of rotatable bonds is 5. The Labute approximate surface area is 158 Å². The Morgan fingerprint density at radius 3 is 2.41 bits per heavy atom. The molecule has 0 radical (unpaired) electrons. The fourth-order valence-electron chi connectivity index (χ4n) is 3.35. The maximum absolute atomic E-state index is 10.3. The van der Waals surface area contributed by atoms with E-state index in [1.54, 1.807) is 12.4 Å². The predicted octanol–water partition coefficient (Wildman–Crippen LogP) is 4.00. The fourth-order valence-corrected chi connectivity index (χ4v) is 3.35. The van der Waals surface area contributed by atoms with Crippen LogP contribution in [0.2, 0.25) is 0 Å². The van der Waals surface area contributed by atoms with E-state index < -0.39 is 0 Å². The highest BCUT2D eigenvalue weighted by Gasteiger charge is 2.23. The third-order valence-corrected chi connectivity index (χ3v) is 4.77. The van der Waals surface area contributed by atoms with Gasteiger partial charge in [0.25, 0.3) is 0 Å². The van der Waals surface area contributed by atoms with Crippen molar-refractivity contribution in [2.45, 2.75) is 37.8 Å². The molecular formula is C21H23N5O. The van der Waals surface area contributed by atoms with Gasteiger partial charge in [0.1, 0.15) is 11.6 Å². The molecule has 138 valence electrons. The third-order valence-electron chi connectivity index (χ3n) is 4.77. The predicted molar refractivity (Wildman–Crippen MR) is 107 cm³/mol. The van der Waals surface area contributed by atoms with Crippen molar-refractivity contribution in [3.63, 3.8) is 0 Å². The van der Waals surface area contributed by atoms with Crippen molar-refractivity contribution in [2.75, 3.05) is 10.6 Å². The second kappa shape index (κ2) is 8.14. The summed E-state index contributed by atoms with van der Waals surface area (Å²) in [4.78, 5) is 13.4. The van der Waals surface area contributed by atoms with Gasteiger partial charge in [0, 0.05) is 29.7 Å². The third kappa shape index (κ3) is 4.41. The lowest BCUT2D eigenvalue weighted by Crippen LogP contribution is -2.36. The van der Waals surface area contributed by atoms with Crippen LogP contribution in [0.25, 0.3) is 11.4 Å². The van der Waals surface area contributed by atoms with Gasteiger partial charge in [-0.2, -0.15) is 0 Å². The van der Waals surface area contributed by atoms with E-state index in [0.717, 1.165) is 36.9 Å². The van der Waals surface area contributed by atoms with Crippen molar-refractivity contribution in [3.8, 4) is 11.4 Å². The second-order valence-electron chi connectivity index (χ2n) is 6.79. The van der Waals surface area contributed by atoms with Crippen molar-refractivity contribution in [1.29, 1.82) is 0 Å². The van der Waals surface area contributed by atoms with Crippen LogP contribution in [0.5, 0.6) is 0 Å². The van der Waals surface area contributed by atoms with Crippen molar-refractivity contribution < 1.29 is 5.11 Å². The molecule has 3 N–H and O–H groups in total. The Morgan fingerprint density at radius 2 is 1.63 bits per heavy atom. The van der Waals surface area contributed by atoms with Gasteiger partial charge in [0.05, 0.1) is 12.1 Å². The summed E-state index contributed by atoms with van der Waals surface area (Å²) in [5, 5.41) is 17.0. The second-order valence-corrected chi connectivity index (χ2v) is 6.79. The van der Waals surface area contributed by atoms with E-state index in [0.29, 0.717) is 17.5 Å². The van der Waals surface area contributed by atoms with E-state index >= 15 is 0 Å². The van der Waals surface area contributed by atoms with Gasteiger partial charge in [-0.25, -0.2) is 9.97 Å². The SMILES string of the molecule is OC1CCCCC1Nc1cc(Nc2ccncc2)nc(-c2ccccc2)n1. The molecule has 0 saturated heterocycles. The van der Waals surface area contributed by atoms with Crippen molar-refractivity contribution in [3.05, 3.63) is 60.9 Å². The summed E-state index contributed by atoms with van der Waals surface area (Å²) in [5.41, 5.74) is 1.86. The molecule has 1 saturated carbocycles. The van der Waals surface area contributed by atoms with Crippen LogP contribution in [-0.4, -0.2) is 32.2 Å². The van der Waals surface area contributed by atoms with E-state index in [-0.39, 0.29) is 12.1 Å². The minimum Gasteiger partial charge on any atom is -0.391 e. The van der Waals surface area contributed by atoms with Gasteiger partial charge in [-0.15, -0.1) is 0 Å². The average Bonchev–Trinajstić information content (AvgIpc) is 2.71. The molecule has 27 heavy (non-hydrogen) atoms. The summed E-state index contributed by atoms with van der Waals surface area (Å²) in [6.07, 6.45) is 7.10. The normalized spacial score (nSPS) is 19.4. The van der Waals surface area contributed by atoms with Crippen molar-refractivity contribution in [1.82, 2.24) is 15.0 Å². The lowest BCUT2D eigenvalue weighted by molar-refractivity contribution is 0.116. The smallest absolute Gasteiger partial charge is 0.163 e. The molecule has 2 unspecified atom stereocenters. The molecule has 0 amide bonds. The van der Waals surface area contributed by atoms with E-state index in [9.17, 15) is 5.11 Å². The summed E-state index contributed by atoms with van der Waals surface area (Å²) >= 11 is 0. The minimum absolute atomic E-state index is 0.0195. The molecule has 6 nitrogen and oxygen atoms in total. The highest BCUT2D eigenvalue weighted by atomic mass is 16.3. The number of nitrogens with zero attached hydrogens (tertiary/aromatic N) is 3. The average molecular weight is 361 g/mol. The van der Waals surface area contributed by atoms with E-state index in [1.807, 2.05) is 48.5 Å². The summed E-state index contributed by atoms with van der Waals surface area (Å²) in [6, 6.07) is 15.6. The number of anilines is 3. The number of nitrogens with one attached hydrogen (secondary N) is 2.